The first kappa shape index (κ1) is 14.8. The smallest absolute Gasteiger partial charge is 0.247 e. The van der Waals surface area contributed by atoms with Crippen molar-refractivity contribution >= 4 is 23.4 Å². The van der Waals surface area contributed by atoms with E-state index in [4.69, 9.17) is 9.47 Å². The molecule has 0 aliphatic rings. The standard InChI is InChI=1S/C13H18N4O2S/c1-18-11(19-2)8-9-20-13-15-12(16-17-13)14-10-6-4-3-5-7-10/h3-7,11H,8-9H2,1-2H3,(H2,14,15,16,17). The first-order valence-corrected chi connectivity index (χ1v) is 7.23. The van der Waals surface area contributed by atoms with Gasteiger partial charge in [0, 0.05) is 32.1 Å². The molecule has 0 aliphatic heterocycles. The fourth-order valence-corrected chi connectivity index (χ4v) is 2.37. The maximum atomic E-state index is 5.13. The van der Waals surface area contributed by atoms with Crippen molar-refractivity contribution in [2.75, 3.05) is 25.3 Å². The SMILES string of the molecule is COC(CCSc1nc(Nc2ccccc2)n[nH]1)OC. The average Bonchev–Trinajstić information content (AvgIpc) is 2.92. The molecule has 7 heteroatoms. The van der Waals surface area contributed by atoms with Gasteiger partial charge in [-0.1, -0.05) is 30.0 Å². The van der Waals surface area contributed by atoms with Crippen LogP contribution in [0.25, 0.3) is 0 Å². The van der Waals surface area contributed by atoms with Gasteiger partial charge in [-0.3, -0.25) is 5.10 Å². The van der Waals surface area contributed by atoms with Crippen LogP contribution in [0.1, 0.15) is 6.42 Å². The normalized spacial score (nSPS) is 10.9. The molecule has 0 saturated heterocycles. The second kappa shape index (κ2) is 7.88. The molecule has 0 radical (unpaired) electrons. The van der Waals surface area contributed by atoms with E-state index in [1.54, 1.807) is 26.0 Å². The van der Waals surface area contributed by atoms with Gasteiger partial charge in [0.25, 0.3) is 0 Å². The molecule has 108 valence electrons. The van der Waals surface area contributed by atoms with Crippen molar-refractivity contribution < 1.29 is 9.47 Å². The fourth-order valence-electron chi connectivity index (χ4n) is 1.60. The Bertz CT molecular complexity index is 502. The van der Waals surface area contributed by atoms with E-state index in [-0.39, 0.29) is 6.29 Å². The molecule has 6 nitrogen and oxygen atoms in total. The number of anilines is 2. The number of rotatable bonds is 8. The summed E-state index contributed by atoms with van der Waals surface area (Å²) in [5.74, 6) is 1.40. The number of nitrogens with zero attached hydrogens (tertiary/aromatic N) is 2. The van der Waals surface area contributed by atoms with E-state index in [0.29, 0.717) is 5.95 Å². The van der Waals surface area contributed by atoms with Gasteiger partial charge in [0.15, 0.2) is 11.4 Å². The molecular weight excluding hydrogens is 276 g/mol. The number of benzene rings is 1. The van der Waals surface area contributed by atoms with Crippen LogP contribution >= 0.6 is 11.8 Å². The first-order chi connectivity index (χ1) is 9.81. The molecule has 1 aromatic heterocycles. The van der Waals surface area contributed by atoms with Crippen molar-refractivity contribution in [1.29, 1.82) is 0 Å². The van der Waals surface area contributed by atoms with Crippen LogP contribution in [0, 0.1) is 0 Å². The van der Waals surface area contributed by atoms with E-state index < -0.39 is 0 Å². The lowest BCUT2D eigenvalue weighted by atomic mass is 10.3. The van der Waals surface area contributed by atoms with Crippen molar-refractivity contribution in [2.24, 2.45) is 0 Å². The van der Waals surface area contributed by atoms with E-state index in [9.17, 15) is 0 Å². The van der Waals surface area contributed by atoms with E-state index in [1.165, 1.54) is 0 Å². The molecule has 1 heterocycles. The van der Waals surface area contributed by atoms with Crippen LogP contribution in [0.15, 0.2) is 35.5 Å². The largest absolute Gasteiger partial charge is 0.356 e. The highest BCUT2D eigenvalue weighted by molar-refractivity contribution is 7.99. The number of H-pyrrole nitrogens is 1. The number of nitrogens with one attached hydrogen (secondary N) is 2. The second-order valence-electron chi connectivity index (χ2n) is 3.99. The molecule has 0 aliphatic carbocycles. The summed E-state index contributed by atoms with van der Waals surface area (Å²) < 4.78 is 10.3. The molecule has 0 fully saturated rings. The minimum atomic E-state index is -0.174. The van der Waals surface area contributed by atoms with Crippen molar-refractivity contribution in [3.8, 4) is 0 Å². The van der Waals surface area contributed by atoms with Gasteiger partial charge in [-0.2, -0.15) is 4.98 Å². The number of methoxy groups -OCH3 is 2. The highest BCUT2D eigenvalue weighted by Crippen LogP contribution is 2.18. The summed E-state index contributed by atoms with van der Waals surface area (Å²) >= 11 is 1.58. The minimum absolute atomic E-state index is 0.174. The van der Waals surface area contributed by atoms with Crippen molar-refractivity contribution in [2.45, 2.75) is 17.9 Å². The monoisotopic (exact) mass is 294 g/mol. The molecule has 0 spiro atoms. The number of ether oxygens (including phenoxy) is 2. The lowest BCUT2D eigenvalue weighted by molar-refractivity contribution is -0.102. The van der Waals surface area contributed by atoms with Gasteiger partial charge >= 0.3 is 0 Å². The third-order valence-corrected chi connectivity index (χ3v) is 3.51. The zero-order valence-corrected chi connectivity index (χ0v) is 12.3. The van der Waals surface area contributed by atoms with E-state index >= 15 is 0 Å². The maximum absolute atomic E-state index is 5.13. The van der Waals surface area contributed by atoms with Gasteiger partial charge in [-0.15, -0.1) is 5.10 Å². The molecule has 0 unspecified atom stereocenters. The quantitative estimate of drug-likeness (QED) is 0.576. The van der Waals surface area contributed by atoms with E-state index in [2.05, 4.69) is 20.5 Å². The zero-order chi connectivity index (χ0) is 14.2. The number of aromatic nitrogens is 3. The first-order valence-electron chi connectivity index (χ1n) is 6.24. The van der Waals surface area contributed by atoms with Crippen LogP contribution in [0.4, 0.5) is 11.6 Å². The molecule has 0 saturated carbocycles. The molecule has 0 atom stereocenters. The summed E-state index contributed by atoms with van der Waals surface area (Å²) in [6, 6.07) is 9.81. The zero-order valence-electron chi connectivity index (χ0n) is 11.5. The minimum Gasteiger partial charge on any atom is -0.356 e. The Hall–Kier alpha value is -1.57. The van der Waals surface area contributed by atoms with Gasteiger partial charge in [0.05, 0.1) is 0 Å². The molecule has 0 amide bonds. The third kappa shape index (κ3) is 4.52. The molecule has 0 bridgehead atoms. The summed E-state index contributed by atoms with van der Waals surface area (Å²) in [7, 11) is 3.27. The van der Waals surface area contributed by atoms with Gasteiger partial charge in [0.1, 0.15) is 0 Å². The number of para-hydroxylation sites is 1. The van der Waals surface area contributed by atoms with Crippen molar-refractivity contribution in [3.63, 3.8) is 0 Å². The molecule has 2 N–H and O–H groups in total. The summed E-state index contributed by atoms with van der Waals surface area (Å²) in [6.45, 7) is 0. The molecule has 1 aromatic carbocycles. The van der Waals surface area contributed by atoms with Gasteiger partial charge < -0.3 is 14.8 Å². The van der Waals surface area contributed by atoms with Crippen molar-refractivity contribution in [3.05, 3.63) is 30.3 Å². The number of aromatic amines is 1. The Labute approximate surface area is 122 Å². The summed E-state index contributed by atoms with van der Waals surface area (Å²) in [6.07, 6.45) is 0.618. The van der Waals surface area contributed by atoms with Crippen LogP contribution < -0.4 is 5.32 Å². The van der Waals surface area contributed by atoms with Gasteiger partial charge in [-0.05, 0) is 12.1 Å². The predicted octanol–water partition coefficient (Wildman–Crippen LogP) is 2.65. The lowest BCUT2D eigenvalue weighted by Crippen LogP contribution is -2.13. The Morgan fingerprint density at radius 2 is 2.00 bits per heavy atom. The number of thioether (sulfide) groups is 1. The summed E-state index contributed by atoms with van der Waals surface area (Å²) in [5, 5.41) is 10.9. The number of hydrogen-bond donors (Lipinski definition) is 2. The van der Waals surface area contributed by atoms with Crippen LogP contribution in [0.2, 0.25) is 0 Å². The molecule has 2 rings (SSSR count). The van der Waals surface area contributed by atoms with Crippen molar-refractivity contribution in [1.82, 2.24) is 15.2 Å². The van der Waals surface area contributed by atoms with Crippen LogP contribution in [0.5, 0.6) is 0 Å². The van der Waals surface area contributed by atoms with Gasteiger partial charge in [0.2, 0.25) is 5.95 Å². The highest BCUT2D eigenvalue weighted by Gasteiger charge is 2.07. The predicted molar refractivity (Wildman–Crippen MR) is 79.3 cm³/mol. The Kier molecular flexibility index (Phi) is 5.85. The van der Waals surface area contributed by atoms with E-state index in [1.807, 2.05) is 30.3 Å². The number of hydrogen-bond acceptors (Lipinski definition) is 6. The summed E-state index contributed by atoms with van der Waals surface area (Å²) in [4.78, 5) is 4.36. The van der Waals surface area contributed by atoms with Gasteiger partial charge in [-0.25, -0.2) is 0 Å². The molecular formula is C13H18N4O2S. The Morgan fingerprint density at radius 3 is 2.70 bits per heavy atom. The lowest BCUT2D eigenvalue weighted by Gasteiger charge is -2.11. The fraction of sp³-hybridized carbons (Fsp3) is 0.385. The third-order valence-electron chi connectivity index (χ3n) is 2.61. The van der Waals surface area contributed by atoms with Crippen LogP contribution in [-0.2, 0) is 9.47 Å². The average molecular weight is 294 g/mol. The second-order valence-corrected chi connectivity index (χ2v) is 5.08. The van der Waals surface area contributed by atoms with E-state index in [0.717, 1.165) is 23.0 Å². The van der Waals surface area contributed by atoms with Crippen LogP contribution in [-0.4, -0.2) is 41.4 Å². The summed E-state index contributed by atoms with van der Waals surface area (Å²) in [5.41, 5.74) is 0.960. The van der Waals surface area contributed by atoms with Crippen LogP contribution in [0.3, 0.4) is 0 Å². The Morgan fingerprint density at radius 1 is 1.25 bits per heavy atom. The topological polar surface area (TPSA) is 72.1 Å². The molecule has 2 aromatic rings. The maximum Gasteiger partial charge on any atom is 0.247 e. The molecule has 20 heavy (non-hydrogen) atoms. The highest BCUT2D eigenvalue weighted by atomic mass is 32.2. The Balaban J connectivity index is 1.80.